The standard InChI is InChI=1S/C8H12O2/c1-8(7-4-9-7)2-5-6(3-8)10-5/h5-7H,2-4H2,1H3. The fourth-order valence-electron chi connectivity index (χ4n) is 2.25. The first-order valence-electron chi connectivity index (χ1n) is 4.05. The summed E-state index contributed by atoms with van der Waals surface area (Å²) in [4.78, 5) is 0. The van der Waals surface area contributed by atoms with Gasteiger partial charge >= 0.3 is 0 Å². The van der Waals surface area contributed by atoms with Gasteiger partial charge in [-0.1, -0.05) is 6.92 Å². The smallest absolute Gasteiger partial charge is 0.0865 e. The lowest BCUT2D eigenvalue weighted by Crippen LogP contribution is -2.22. The van der Waals surface area contributed by atoms with E-state index in [2.05, 4.69) is 6.92 Å². The van der Waals surface area contributed by atoms with E-state index in [1.807, 2.05) is 0 Å². The number of hydrogen-bond donors (Lipinski definition) is 0. The second-order valence-corrected chi connectivity index (χ2v) is 4.10. The van der Waals surface area contributed by atoms with Gasteiger partial charge in [-0.15, -0.1) is 0 Å². The highest BCUT2D eigenvalue weighted by molar-refractivity contribution is 5.07. The summed E-state index contributed by atoms with van der Waals surface area (Å²) in [5, 5.41) is 0. The summed E-state index contributed by atoms with van der Waals surface area (Å²) in [6.07, 6.45) is 4.26. The molecule has 3 fully saturated rings. The topological polar surface area (TPSA) is 25.1 Å². The van der Waals surface area contributed by atoms with E-state index >= 15 is 0 Å². The van der Waals surface area contributed by atoms with Gasteiger partial charge in [0.15, 0.2) is 0 Å². The SMILES string of the molecule is CC1(C2CO2)CC2OC2C1. The van der Waals surface area contributed by atoms with Crippen LogP contribution in [-0.2, 0) is 9.47 Å². The van der Waals surface area contributed by atoms with E-state index in [1.54, 1.807) is 0 Å². The maximum absolute atomic E-state index is 5.37. The van der Waals surface area contributed by atoms with Crippen LogP contribution in [0.4, 0.5) is 0 Å². The maximum Gasteiger partial charge on any atom is 0.0865 e. The third-order valence-electron chi connectivity index (χ3n) is 3.13. The molecule has 0 spiro atoms. The molecule has 0 aromatic carbocycles. The Kier molecular flexibility index (Phi) is 0.783. The van der Waals surface area contributed by atoms with Gasteiger partial charge in [-0.05, 0) is 12.8 Å². The molecule has 2 heterocycles. The summed E-state index contributed by atoms with van der Waals surface area (Å²) in [6, 6.07) is 0. The molecule has 3 aliphatic rings. The molecular weight excluding hydrogens is 128 g/mol. The first-order valence-corrected chi connectivity index (χ1v) is 4.05. The van der Waals surface area contributed by atoms with Crippen LogP contribution in [0.3, 0.4) is 0 Å². The molecule has 3 rings (SSSR count). The zero-order chi connectivity index (χ0) is 6.77. The summed E-state index contributed by atoms with van der Waals surface area (Å²) >= 11 is 0. The van der Waals surface area contributed by atoms with Crippen LogP contribution < -0.4 is 0 Å². The Hall–Kier alpha value is -0.0800. The van der Waals surface area contributed by atoms with Crippen molar-refractivity contribution in [3.8, 4) is 0 Å². The van der Waals surface area contributed by atoms with Crippen LogP contribution in [0.25, 0.3) is 0 Å². The summed E-state index contributed by atoms with van der Waals surface area (Å²) < 4.78 is 10.7. The number of hydrogen-bond acceptors (Lipinski definition) is 2. The van der Waals surface area contributed by atoms with Gasteiger partial charge in [0.25, 0.3) is 0 Å². The van der Waals surface area contributed by atoms with Crippen molar-refractivity contribution in [2.75, 3.05) is 6.61 Å². The highest BCUT2D eigenvalue weighted by Gasteiger charge is 2.59. The molecule has 2 saturated heterocycles. The summed E-state index contributed by atoms with van der Waals surface area (Å²) in [7, 11) is 0. The number of epoxide rings is 2. The van der Waals surface area contributed by atoms with Crippen molar-refractivity contribution < 1.29 is 9.47 Å². The van der Waals surface area contributed by atoms with Crippen molar-refractivity contribution in [3.63, 3.8) is 0 Å². The average Bonchev–Trinajstić information content (AvgIpc) is 2.70. The van der Waals surface area contributed by atoms with Crippen LogP contribution in [0, 0.1) is 5.41 Å². The molecule has 10 heavy (non-hydrogen) atoms. The normalized spacial score (nSPS) is 63.9. The molecule has 2 heteroatoms. The summed E-state index contributed by atoms with van der Waals surface area (Å²) in [5.41, 5.74) is 0.480. The minimum atomic E-state index is 0.480. The molecule has 1 aliphatic carbocycles. The lowest BCUT2D eigenvalue weighted by atomic mass is 9.85. The quantitative estimate of drug-likeness (QED) is 0.507. The molecule has 3 atom stereocenters. The Labute approximate surface area is 60.5 Å². The van der Waals surface area contributed by atoms with E-state index in [9.17, 15) is 0 Å². The van der Waals surface area contributed by atoms with Gasteiger partial charge in [-0.25, -0.2) is 0 Å². The van der Waals surface area contributed by atoms with Crippen LogP contribution in [0.2, 0.25) is 0 Å². The van der Waals surface area contributed by atoms with E-state index in [4.69, 9.17) is 9.47 Å². The van der Waals surface area contributed by atoms with E-state index in [-0.39, 0.29) is 0 Å². The molecule has 2 aliphatic heterocycles. The molecule has 0 aromatic heterocycles. The Morgan fingerprint density at radius 2 is 1.90 bits per heavy atom. The van der Waals surface area contributed by atoms with Gasteiger partial charge in [0.2, 0.25) is 0 Å². The van der Waals surface area contributed by atoms with Gasteiger partial charge in [-0.2, -0.15) is 0 Å². The van der Waals surface area contributed by atoms with Gasteiger partial charge < -0.3 is 9.47 Å². The number of rotatable bonds is 1. The molecule has 3 unspecified atom stereocenters. The minimum absolute atomic E-state index is 0.480. The van der Waals surface area contributed by atoms with Crippen molar-refractivity contribution in [3.05, 3.63) is 0 Å². The summed E-state index contributed by atoms with van der Waals surface area (Å²) in [5.74, 6) is 0. The third-order valence-corrected chi connectivity index (χ3v) is 3.13. The van der Waals surface area contributed by atoms with E-state index < -0.39 is 0 Å². The highest BCUT2D eigenvalue weighted by atomic mass is 16.6. The van der Waals surface area contributed by atoms with Crippen molar-refractivity contribution in [2.24, 2.45) is 5.41 Å². The highest BCUT2D eigenvalue weighted by Crippen LogP contribution is 2.54. The molecule has 1 saturated carbocycles. The monoisotopic (exact) mass is 140 g/mol. The Morgan fingerprint density at radius 1 is 1.30 bits per heavy atom. The molecular formula is C8H12O2. The average molecular weight is 140 g/mol. The van der Waals surface area contributed by atoms with Gasteiger partial charge in [0, 0.05) is 5.41 Å². The Morgan fingerprint density at radius 3 is 2.40 bits per heavy atom. The van der Waals surface area contributed by atoms with Crippen molar-refractivity contribution >= 4 is 0 Å². The fraction of sp³-hybridized carbons (Fsp3) is 1.00. The summed E-state index contributed by atoms with van der Waals surface area (Å²) in [6.45, 7) is 3.33. The molecule has 56 valence electrons. The van der Waals surface area contributed by atoms with E-state index in [0.717, 1.165) is 6.61 Å². The molecule has 0 N–H and O–H groups in total. The molecule has 2 nitrogen and oxygen atoms in total. The van der Waals surface area contributed by atoms with Crippen LogP contribution in [0.1, 0.15) is 19.8 Å². The van der Waals surface area contributed by atoms with Crippen LogP contribution >= 0.6 is 0 Å². The zero-order valence-electron chi connectivity index (χ0n) is 6.17. The first kappa shape index (κ1) is 5.56. The molecule has 0 aromatic rings. The Balaban J connectivity index is 1.79. The molecule has 0 radical (unpaired) electrons. The van der Waals surface area contributed by atoms with Crippen LogP contribution in [0.15, 0.2) is 0 Å². The van der Waals surface area contributed by atoms with Crippen LogP contribution in [-0.4, -0.2) is 24.9 Å². The predicted octanol–water partition coefficient (Wildman–Crippen LogP) is 0.953. The predicted molar refractivity (Wildman–Crippen MR) is 35.7 cm³/mol. The van der Waals surface area contributed by atoms with Gasteiger partial charge in [0.05, 0.1) is 24.9 Å². The van der Waals surface area contributed by atoms with Crippen molar-refractivity contribution in [1.29, 1.82) is 0 Å². The fourth-order valence-corrected chi connectivity index (χ4v) is 2.25. The molecule has 0 amide bonds. The molecule has 0 bridgehead atoms. The second kappa shape index (κ2) is 1.41. The van der Waals surface area contributed by atoms with Gasteiger partial charge in [0.1, 0.15) is 0 Å². The van der Waals surface area contributed by atoms with Crippen molar-refractivity contribution in [2.45, 2.75) is 38.1 Å². The third kappa shape index (κ3) is 0.611. The number of ether oxygens (including phenoxy) is 2. The lowest BCUT2D eigenvalue weighted by molar-refractivity contribution is 0.148. The van der Waals surface area contributed by atoms with Gasteiger partial charge in [-0.3, -0.25) is 0 Å². The van der Waals surface area contributed by atoms with E-state index in [0.29, 0.717) is 23.7 Å². The van der Waals surface area contributed by atoms with E-state index in [1.165, 1.54) is 12.8 Å². The maximum atomic E-state index is 5.37. The van der Waals surface area contributed by atoms with Crippen molar-refractivity contribution in [1.82, 2.24) is 0 Å². The minimum Gasteiger partial charge on any atom is -0.373 e. The first-order chi connectivity index (χ1) is 4.78. The Bertz CT molecular complexity index is 164. The number of fused-ring (bicyclic) bond motifs is 1. The second-order valence-electron chi connectivity index (χ2n) is 4.10. The lowest BCUT2D eigenvalue weighted by Gasteiger charge is -2.21. The van der Waals surface area contributed by atoms with Crippen LogP contribution in [0.5, 0.6) is 0 Å². The zero-order valence-corrected chi connectivity index (χ0v) is 6.17. The largest absolute Gasteiger partial charge is 0.373 e.